The van der Waals surface area contributed by atoms with Crippen LogP contribution in [0.2, 0.25) is 0 Å². The summed E-state index contributed by atoms with van der Waals surface area (Å²) in [6, 6.07) is 9.67. The minimum Gasteiger partial charge on any atom is -0.465 e. The second-order valence-corrected chi connectivity index (χ2v) is 5.83. The molecule has 8 heteroatoms. The number of rotatable bonds is 5. The van der Waals surface area contributed by atoms with Crippen molar-refractivity contribution in [2.75, 3.05) is 19.9 Å². The highest BCUT2D eigenvalue weighted by Crippen LogP contribution is 2.37. The molecule has 2 amide bonds. The number of imide groups is 1. The van der Waals surface area contributed by atoms with Crippen LogP contribution in [0.1, 0.15) is 27.6 Å². The van der Waals surface area contributed by atoms with E-state index in [1.807, 2.05) is 0 Å². The van der Waals surface area contributed by atoms with Crippen LogP contribution in [0.4, 0.5) is 0 Å². The van der Waals surface area contributed by atoms with Gasteiger partial charge in [0.2, 0.25) is 6.79 Å². The number of esters is 1. The molecule has 27 heavy (non-hydrogen) atoms. The Balaban J connectivity index is 1.55. The highest BCUT2D eigenvalue weighted by atomic mass is 16.7. The monoisotopic (exact) mass is 369 g/mol. The highest BCUT2D eigenvalue weighted by molar-refractivity contribution is 6.22. The lowest BCUT2D eigenvalue weighted by Crippen LogP contribution is -2.35. The summed E-state index contributed by atoms with van der Waals surface area (Å²) in [6.45, 7) is 1.57. The van der Waals surface area contributed by atoms with Crippen LogP contribution < -0.4 is 14.2 Å². The van der Waals surface area contributed by atoms with Crippen LogP contribution in [-0.4, -0.2) is 42.6 Å². The Morgan fingerprint density at radius 2 is 1.70 bits per heavy atom. The molecule has 0 aliphatic carbocycles. The smallest absolute Gasteiger partial charge is 0.326 e. The normalized spacial score (nSPS) is 14.3. The van der Waals surface area contributed by atoms with Crippen molar-refractivity contribution >= 4 is 17.8 Å². The molecule has 0 unspecified atom stereocenters. The minimum absolute atomic E-state index is 0.157. The first-order chi connectivity index (χ1) is 13.1. The van der Waals surface area contributed by atoms with Crippen molar-refractivity contribution < 1.29 is 33.3 Å². The van der Waals surface area contributed by atoms with E-state index in [0.29, 0.717) is 23.0 Å². The number of ether oxygens (including phenoxy) is 4. The summed E-state index contributed by atoms with van der Waals surface area (Å²) < 4.78 is 21.1. The zero-order valence-corrected chi connectivity index (χ0v) is 14.4. The second-order valence-electron chi connectivity index (χ2n) is 5.83. The lowest BCUT2D eigenvalue weighted by molar-refractivity contribution is -0.143. The van der Waals surface area contributed by atoms with Gasteiger partial charge >= 0.3 is 5.97 Å². The molecule has 0 N–H and O–H groups in total. The molecule has 0 aromatic heterocycles. The molecule has 0 spiro atoms. The van der Waals surface area contributed by atoms with Crippen LogP contribution in [0.15, 0.2) is 36.4 Å². The standard InChI is InChI=1S/C19H15NO7/c1-2-24-17(21)9-20-18(22)13-5-3-11(7-14(13)19(20)23)27-12-4-6-15-16(8-12)26-10-25-15/h3-8H,2,9-10H2,1H3. The average Bonchev–Trinajstić information content (AvgIpc) is 3.21. The molecule has 2 heterocycles. The van der Waals surface area contributed by atoms with Crippen LogP contribution >= 0.6 is 0 Å². The molecular weight excluding hydrogens is 354 g/mol. The van der Waals surface area contributed by atoms with E-state index in [4.69, 9.17) is 18.9 Å². The molecule has 0 atom stereocenters. The number of amides is 2. The summed E-state index contributed by atoms with van der Waals surface area (Å²) in [5, 5.41) is 0. The summed E-state index contributed by atoms with van der Waals surface area (Å²) in [5.41, 5.74) is 0.407. The van der Waals surface area contributed by atoms with E-state index >= 15 is 0 Å². The van der Waals surface area contributed by atoms with Crippen LogP contribution in [-0.2, 0) is 9.53 Å². The third kappa shape index (κ3) is 3.05. The lowest BCUT2D eigenvalue weighted by Gasteiger charge is -2.12. The molecule has 0 saturated heterocycles. The van der Waals surface area contributed by atoms with E-state index in [-0.39, 0.29) is 24.5 Å². The van der Waals surface area contributed by atoms with Crippen molar-refractivity contribution in [3.8, 4) is 23.0 Å². The lowest BCUT2D eigenvalue weighted by atomic mass is 10.1. The van der Waals surface area contributed by atoms with Crippen molar-refractivity contribution in [1.82, 2.24) is 4.90 Å². The van der Waals surface area contributed by atoms with Gasteiger partial charge in [-0.2, -0.15) is 0 Å². The zero-order valence-electron chi connectivity index (χ0n) is 14.4. The number of hydrogen-bond acceptors (Lipinski definition) is 7. The summed E-state index contributed by atoms with van der Waals surface area (Å²) in [5.74, 6) is 0.360. The van der Waals surface area contributed by atoms with E-state index in [0.717, 1.165) is 4.90 Å². The first kappa shape index (κ1) is 16.9. The Morgan fingerprint density at radius 1 is 1.00 bits per heavy atom. The summed E-state index contributed by atoms with van der Waals surface area (Å²) in [6.07, 6.45) is 0. The average molecular weight is 369 g/mol. The van der Waals surface area contributed by atoms with E-state index in [2.05, 4.69) is 0 Å². The Kier molecular flexibility index (Phi) is 4.15. The molecule has 0 radical (unpaired) electrons. The summed E-state index contributed by atoms with van der Waals surface area (Å²) in [7, 11) is 0. The molecule has 2 aliphatic rings. The first-order valence-electron chi connectivity index (χ1n) is 8.30. The molecule has 0 fully saturated rings. The van der Waals surface area contributed by atoms with Gasteiger partial charge in [0, 0.05) is 6.07 Å². The Bertz CT molecular complexity index is 953. The van der Waals surface area contributed by atoms with Gasteiger partial charge in [-0.25, -0.2) is 0 Å². The number of fused-ring (bicyclic) bond motifs is 2. The molecule has 0 bridgehead atoms. The number of carbonyl (C=O) groups is 3. The topological polar surface area (TPSA) is 91.4 Å². The predicted molar refractivity (Wildman–Crippen MR) is 91.1 cm³/mol. The molecule has 0 saturated carbocycles. The largest absolute Gasteiger partial charge is 0.465 e. The molecule has 4 rings (SSSR count). The van der Waals surface area contributed by atoms with Gasteiger partial charge in [-0.15, -0.1) is 0 Å². The fraction of sp³-hybridized carbons (Fsp3) is 0.211. The van der Waals surface area contributed by atoms with Crippen molar-refractivity contribution in [3.63, 3.8) is 0 Å². The fourth-order valence-corrected chi connectivity index (χ4v) is 2.89. The van der Waals surface area contributed by atoms with Gasteiger partial charge in [-0.05, 0) is 37.3 Å². The zero-order chi connectivity index (χ0) is 19.0. The van der Waals surface area contributed by atoms with E-state index in [1.54, 1.807) is 31.2 Å². The first-order valence-corrected chi connectivity index (χ1v) is 8.30. The quantitative estimate of drug-likeness (QED) is 0.590. The molecule has 8 nitrogen and oxygen atoms in total. The van der Waals surface area contributed by atoms with Gasteiger partial charge in [-0.1, -0.05) is 0 Å². The summed E-state index contributed by atoms with van der Waals surface area (Å²) in [4.78, 5) is 37.4. The van der Waals surface area contributed by atoms with E-state index in [1.165, 1.54) is 12.1 Å². The van der Waals surface area contributed by atoms with Crippen molar-refractivity contribution in [1.29, 1.82) is 0 Å². The van der Waals surface area contributed by atoms with Crippen molar-refractivity contribution in [3.05, 3.63) is 47.5 Å². The van der Waals surface area contributed by atoms with Gasteiger partial charge in [0.25, 0.3) is 11.8 Å². The van der Waals surface area contributed by atoms with Gasteiger partial charge < -0.3 is 18.9 Å². The van der Waals surface area contributed by atoms with Crippen LogP contribution in [0, 0.1) is 0 Å². The number of benzene rings is 2. The van der Waals surface area contributed by atoms with Crippen molar-refractivity contribution in [2.24, 2.45) is 0 Å². The van der Waals surface area contributed by atoms with E-state index < -0.39 is 24.3 Å². The molecule has 2 aliphatic heterocycles. The Labute approximate surface area is 154 Å². The fourth-order valence-electron chi connectivity index (χ4n) is 2.89. The van der Waals surface area contributed by atoms with Gasteiger partial charge in [-0.3, -0.25) is 19.3 Å². The second kappa shape index (κ2) is 6.64. The maximum absolute atomic E-state index is 12.5. The predicted octanol–water partition coefficient (Wildman–Crippen LogP) is 2.37. The number of nitrogens with zero attached hydrogens (tertiary/aromatic N) is 1. The van der Waals surface area contributed by atoms with Gasteiger partial charge in [0.15, 0.2) is 11.5 Å². The summed E-state index contributed by atoms with van der Waals surface area (Å²) >= 11 is 0. The maximum Gasteiger partial charge on any atom is 0.326 e. The Hall–Kier alpha value is -3.55. The van der Waals surface area contributed by atoms with Gasteiger partial charge in [0.05, 0.1) is 17.7 Å². The third-order valence-corrected chi connectivity index (χ3v) is 4.11. The molecule has 2 aromatic carbocycles. The Morgan fingerprint density at radius 3 is 2.52 bits per heavy atom. The molecule has 2 aromatic rings. The highest BCUT2D eigenvalue weighted by Gasteiger charge is 2.37. The van der Waals surface area contributed by atoms with E-state index in [9.17, 15) is 14.4 Å². The van der Waals surface area contributed by atoms with Crippen LogP contribution in [0.3, 0.4) is 0 Å². The number of carbonyl (C=O) groups excluding carboxylic acids is 3. The van der Waals surface area contributed by atoms with Crippen LogP contribution in [0.25, 0.3) is 0 Å². The van der Waals surface area contributed by atoms with Crippen LogP contribution in [0.5, 0.6) is 23.0 Å². The SMILES string of the molecule is CCOC(=O)CN1C(=O)c2ccc(Oc3ccc4c(c3)OCO4)cc2C1=O. The maximum atomic E-state index is 12.5. The van der Waals surface area contributed by atoms with Gasteiger partial charge in [0.1, 0.15) is 18.0 Å². The van der Waals surface area contributed by atoms with Crippen molar-refractivity contribution in [2.45, 2.75) is 6.92 Å². The minimum atomic E-state index is -0.635. The number of hydrogen-bond donors (Lipinski definition) is 0. The third-order valence-electron chi connectivity index (χ3n) is 4.11. The molecular formula is C19H15NO7. The molecule has 138 valence electrons.